The van der Waals surface area contributed by atoms with Crippen molar-refractivity contribution in [2.75, 3.05) is 13.1 Å². The maximum atomic E-state index is 9.34. The zero-order chi connectivity index (χ0) is 14.7. The number of likely N-dealkylation sites (tertiary alicyclic amines) is 1. The Morgan fingerprint density at radius 2 is 1.67 bits per heavy atom. The highest BCUT2D eigenvalue weighted by Crippen LogP contribution is 2.30. The van der Waals surface area contributed by atoms with E-state index < -0.39 is 0 Å². The maximum absolute atomic E-state index is 9.34. The summed E-state index contributed by atoms with van der Waals surface area (Å²) in [6.07, 6.45) is 2.48. The number of piperidine rings is 1. The first-order valence-electron chi connectivity index (χ1n) is 7.78. The molecule has 21 heavy (non-hydrogen) atoms. The number of phenolic OH excluding ortho intramolecular Hbond substituents is 1. The predicted molar refractivity (Wildman–Crippen MR) is 86.5 cm³/mol. The van der Waals surface area contributed by atoms with Crippen molar-refractivity contribution in [2.45, 2.75) is 32.2 Å². The lowest BCUT2D eigenvalue weighted by atomic mass is 9.87. The van der Waals surface area contributed by atoms with E-state index in [1.807, 2.05) is 12.1 Å². The van der Waals surface area contributed by atoms with Crippen LogP contribution in [0, 0.1) is 6.92 Å². The van der Waals surface area contributed by atoms with Crippen molar-refractivity contribution in [1.29, 1.82) is 0 Å². The van der Waals surface area contributed by atoms with Crippen molar-refractivity contribution in [3.05, 3.63) is 65.2 Å². The summed E-state index contributed by atoms with van der Waals surface area (Å²) >= 11 is 0. The molecule has 2 nitrogen and oxygen atoms in total. The lowest BCUT2D eigenvalue weighted by Gasteiger charge is -2.32. The van der Waals surface area contributed by atoms with Gasteiger partial charge in [-0.1, -0.05) is 36.4 Å². The predicted octanol–water partition coefficient (Wildman–Crippen LogP) is 4.08. The average Bonchev–Trinajstić information content (AvgIpc) is 2.51. The minimum absolute atomic E-state index is 0.344. The maximum Gasteiger partial charge on any atom is 0.115 e. The Labute approximate surface area is 127 Å². The van der Waals surface area contributed by atoms with Gasteiger partial charge in [0.05, 0.1) is 0 Å². The van der Waals surface area contributed by atoms with E-state index >= 15 is 0 Å². The number of hydrogen-bond donors (Lipinski definition) is 1. The fourth-order valence-corrected chi connectivity index (χ4v) is 3.31. The Morgan fingerprint density at radius 3 is 2.33 bits per heavy atom. The van der Waals surface area contributed by atoms with Crippen molar-refractivity contribution < 1.29 is 5.11 Å². The smallest absolute Gasteiger partial charge is 0.115 e. The van der Waals surface area contributed by atoms with Crippen LogP contribution in [0.25, 0.3) is 0 Å². The molecule has 0 unspecified atom stereocenters. The van der Waals surface area contributed by atoms with Gasteiger partial charge in [-0.25, -0.2) is 0 Å². The zero-order valence-corrected chi connectivity index (χ0v) is 12.6. The third kappa shape index (κ3) is 3.45. The highest BCUT2D eigenvalue weighted by atomic mass is 16.3. The van der Waals surface area contributed by atoms with E-state index in [1.165, 1.54) is 29.5 Å². The van der Waals surface area contributed by atoms with Crippen LogP contribution < -0.4 is 0 Å². The van der Waals surface area contributed by atoms with E-state index in [0.717, 1.165) is 19.6 Å². The number of aryl methyl sites for hydroxylation is 1. The van der Waals surface area contributed by atoms with Crippen LogP contribution in [0.5, 0.6) is 5.75 Å². The van der Waals surface area contributed by atoms with Crippen molar-refractivity contribution in [2.24, 2.45) is 0 Å². The van der Waals surface area contributed by atoms with Crippen molar-refractivity contribution in [3.8, 4) is 5.75 Å². The summed E-state index contributed by atoms with van der Waals surface area (Å²) in [6, 6.07) is 16.4. The topological polar surface area (TPSA) is 23.5 Å². The molecule has 2 heteroatoms. The Bertz CT molecular complexity index is 583. The van der Waals surface area contributed by atoms with Gasteiger partial charge in [-0.15, -0.1) is 0 Å². The Balaban J connectivity index is 1.58. The first kappa shape index (κ1) is 14.2. The lowest BCUT2D eigenvalue weighted by molar-refractivity contribution is 0.204. The molecule has 0 aromatic heterocycles. The van der Waals surface area contributed by atoms with E-state index in [1.54, 1.807) is 12.1 Å². The molecule has 0 bridgehead atoms. The Hall–Kier alpha value is -1.80. The molecule has 0 amide bonds. The Kier molecular flexibility index (Phi) is 4.26. The molecule has 0 spiro atoms. The summed E-state index contributed by atoms with van der Waals surface area (Å²) in [7, 11) is 0. The normalized spacial score (nSPS) is 17.0. The SMILES string of the molecule is Cc1ccccc1C1CCN(Cc2ccc(O)cc2)CC1. The van der Waals surface area contributed by atoms with Gasteiger partial charge in [0, 0.05) is 6.54 Å². The second-order valence-electron chi connectivity index (χ2n) is 6.07. The van der Waals surface area contributed by atoms with Gasteiger partial charge < -0.3 is 5.11 Å². The van der Waals surface area contributed by atoms with Crippen molar-refractivity contribution in [3.63, 3.8) is 0 Å². The third-order valence-electron chi connectivity index (χ3n) is 4.56. The number of nitrogens with zero attached hydrogens (tertiary/aromatic N) is 1. The van der Waals surface area contributed by atoms with Gasteiger partial charge in [0.1, 0.15) is 5.75 Å². The average molecular weight is 281 g/mol. The largest absolute Gasteiger partial charge is 0.508 e. The van der Waals surface area contributed by atoms with Gasteiger partial charge in [-0.3, -0.25) is 4.90 Å². The molecule has 3 rings (SSSR count). The summed E-state index contributed by atoms with van der Waals surface area (Å²) in [5.41, 5.74) is 4.23. The van der Waals surface area contributed by atoms with Gasteiger partial charge in [-0.2, -0.15) is 0 Å². The molecule has 0 atom stereocenters. The van der Waals surface area contributed by atoms with Crippen LogP contribution in [0.15, 0.2) is 48.5 Å². The first-order valence-corrected chi connectivity index (χ1v) is 7.78. The third-order valence-corrected chi connectivity index (χ3v) is 4.56. The van der Waals surface area contributed by atoms with Gasteiger partial charge in [0.15, 0.2) is 0 Å². The highest BCUT2D eigenvalue weighted by Gasteiger charge is 2.21. The molecule has 1 heterocycles. The molecule has 1 N–H and O–H groups in total. The lowest BCUT2D eigenvalue weighted by Crippen LogP contribution is -2.32. The minimum Gasteiger partial charge on any atom is -0.508 e. The van der Waals surface area contributed by atoms with E-state index in [9.17, 15) is 5.11 Å². The number of rotatable bonds is 3. The minimum atomic E-state index is 0.344. The monoisotopic (exact) mass is 281 g/mol. The summed E-state index contributed by atoms with van der Waals surface area (Å²) in [6.45, 7) is 5.51. The number of aromatic hydroxyl groups is 1. The zero-order valence-electron chi connectivity index (χ0n) is 12.6. The molecular weight excluding hydrogens is 258 g/mol. The second kappa shape index (κ2) is 6.31. The number of hydrogen-bond acceptors (Lipinski definition) is 2. The summed E-state index contributed by atoms with van der Waals surface area (Å²) in [4.78, 5) is 2.52. The van der Waals surface area contributed by atoms with Crippen LogP contribution in [0.4, 0.5) is 0 Å². The van der Waals surface area contributed by atoms with Crippen molar-refractivity contribution in [1.82, 2.24) is 4.90 Å². The van der Waals surface area contributed by atoms with E-state index in [0.29, 0.717) is 11.7 Å². The molecule has 0 radical (unpaired) electrons. The molecule has 2 aromatic rings. The van der Waals surface area contributed by atoms with Crippen molar-refractivity contribution >= 4 is 0 Å². The van der Waals surface area contributed by atoms with E-state index in [4.69, 9.17) is 0 Å². The summed E-state index contributed by atoms with van der Waals surface area (Å²) in [5, 5.41) is 9.34. The van der Waals surface area contributed by atoms with E-state index in [-0.39, 0.29) is 0 Å². The molecule has 0 saturated carbocycles. The van der Waals surface area contributed by atoms with Crippen LogP contribution in [0.2, 0.25) is 0 Å². The molecule has 1 aliphatic rings. The molecule has 1 fully saturated rings. The second-order valence-corrected chi connectivity index (χ2v) is 6.07. The summed E-state index contributed by atoms with van der Waals surface area (Å²) in [5.74, 6) is 1.05. The fraction of sp³-hybridized carbons (Fsp3) is 0.368. The van der Waals surface area contributed by atoms with Crippen LogP contribution in [0.1, 0.15) is 35.4 Å². The van der Waals surface area contributed by atoms with Crippen LogP contribution in [-0.2, 0) is 6.54 Å². The molecule has 0 aliphatic carbocycles. The first-order chi connectivity index (χ1) is 10.2. The van der Waals surface area contributed by atoms with Crippen LogP contribution in [-0.4, -0.2) is 23.1 Å². The fourth-order valence-electron chi connectivity index (χ4n) is 3.31. The van der Waals surface area contributed by atoms with Gasteiger partial charge >= 0.3 is 0 Å². The van der Waals surface area contributed by atoms with Gasteiger partial charge in [0.25, 0.3) is 0 Å². The highest BCUT2D eigenvalue weighted by molar-refractivity contribution is 5.30. The molecular formula is C19H23NO. The number of benzene rings is 2. The molecule has 1 aliphatic heterocycles. The van der Waals surface area contributed by atoms with Gasteiger partial charge in [-0.05, 0) is 67.6 Å². The molecule has 1 saturated heterocycles. The standard InChI is InChI=1S/C19H23NO/c1-15-4-2-3-5-19(15)17-10-12-20(13-11-17)14-16-6-8-18(21)9-7-16/h2-9,17,21H,10-14H2,1H3. The van der Waals surface area contributed by atoms with Gasteiger partial charge in [0.2, 0.25) is 0 Å². The van der Waals surface area contributed by atoms with E-state index in [2.05, 4.69) is 36.1 Å². The van der Waals surface area contributed by atoms with Crippen LogP contribution in [0.3, 0.4) is 0 Å². The molecule has 110 valence electrons. The summed E-state index contributed by atoms with van der Waals surface area (Å²) < 4.78 is 0. The van der Waals surface area contributed by atoms with Crippen LogP contribution >= 0.6 is 0 Å². The quantitative estimate of drug-likeness (QED) is 0.916. The number of phenols is 1. The molecule has 2 aromatic carbocycles. The Morgan fingerprint density at radius 1 is 1.00 bits per heavy atom.